The summed E-state index contributed by atoms with van der Waals surface area (Å²) >= 11 is 5.77. The first kappa shape index (κ1) is 7.97. The van der Waals surface area contributed by atoms with E-state index < -0.39 is 0 Å². The zero-order chi connectivity index (χ0) is 7.84. The van der Waals surface area contributed by atoms with Crippen molar-refractivity contribution in [3.8, 4) is 0 Å². The summed E-state index contributed by atoms with van der Waals surface area (Å²) in [6.45, 7) is 0.159. The fourth-order valence-corrected chi connectivity index (χ4v) is 4.35. The van der Waals surface area contributed by atoms with Gasteiger partial charge in [0.1, 0.15) is 0 Å². The summed E-state index contributed by atoms with van der Waals surface area (Å²) in [4.78, 5) is 0. The van der Waals surface area contributed by atoms with Crippen molar-refractivity contribution < 1.29 is 5.11 Å². The lowest BCUT2D eigenvalue weighted by Gasteiger charge is -1.88. The molecule has 1 nitrogen and oxygen atoms in total. The third-order valence-electron chi connectivity index (χ3n) is 1.51. The van der Waals surface area contributed by atoms with E-state index in [1.807, 2.05) is 5.38 Å². The van der Waals surface area contributed by atoms with Crippen molar-refractivity contribution in [1.29, 1.82) is 0 Å². The highest BCUT2D eigenvalue weighted by molar-refractivity contribution is 14.1. The van der Waals surface area contributed by atoms with E-state index in [2.05, 4.69) is 28.0 Å². The highest BCUT2D eigenvalue weighted by atomic mass is 127. The Balaban J connectivity index is 2.80. The minimum atomic E-state index is 0.159. The third kappa shape index (κ3) is 1.22. The Morgan fingerprint density at radius 1 is 1.36 bits per heavy atom. The summed E-state index contributed by atoms with van der Waals surface area (Å²) in [6.07, 6.45) is 0. The number of rotatable bonds is 1. The Labute approximate surface area is 85.8 Å². The molecule has 2 rings (SSSR count). The predicted octanol–water partition coefficient (Wildman–Crippen LogP) is 3.06. The van der Waals surface area contributed by atoms with Gasteiger partial charge in [0.05, 0.1) is 10.6 Å². The topological polar surface area (TPSA) is 20.2 Å². The molecule has 0 bridgehead atoms. The van der Waals surface area contributed by atoms with Gasteiger partial charge in [0.15, 0.2) is 0 Å². The van der Waals surface area contributed by atoms with Crippen LogP contribution in [0.2, 0.25) is 0 Å². The second-order valence-electron chi connectivity index (χ2n) is 2.17. The van der Waals surface area contributed by atoms with Gasteiger partial charge in [-0.3, -0.25) is 0 Å². The molecule has 0 aromatic carbocycles. The number of hydrogen-bond acceptors (Lipinski definition) is 3. The quantitative estimate of drug-likeness (QED) is 0.802. The Kier molecular flexibility index (Phi) is 2.18. The average Bonchev–Trinajstić information content (AvgIpc) is 2.54. The van der Waals surface area contributed by atoms with Gasteiger partial charge in [-0.1, -0.05) is 0 Å². The Bertz CT molecular complexity index is 377. The summed E-state index contributed by atoms with van der Waals surface area (Å²) in [7, 11) is 0. The van der Waals surface area contributed by atoms with Crippen LogP contribution in [0.15, 0.2) is 10.8 Å². The molecule has 1 N–H and O–H groups in total. The number of aliphatic hydroxyl groups is 1. The van der Waals surface area contributed by atoms with Crippen LogP contribution in [0.3, 0.4) is 0 Å². The van der Waals surface area contributed by atoms with Crippen molar-refractivity contribution in [2.45, 2.75) is 6.61 Å². The maximum absolute atomic E-state index is 8.98. The molecule has 0 amide bonds. The lowest BCUT2D eigenvalue weighted by Crippen LogP contribution is -1.77. The lowest BCUT2D eigenvalue weighted by atomic mass is 10.3. The van der Waals surface area contributed by atoms with E-state index in [9.17, 15) is 0 Å². The number of hydrogen-bond donors (Lipinski definition) is 1. The standard InChI is InChI=1S/C7H5IOS2/c8-5-3-11-7-6(5)4(1-9)2-10-7/h2-3,9H,1H2. The monoisotopic (exact) mass is 296 g/mol. The smallest absolute Gasteiger partial charge is 0.0879 e. The minimum absolute atomic E-state index is 0.159. The van der Waals surface area contributed by atoms with Crippen LogP contribution in [-0.4, -0.2) is 5.11 Å². The fraction of sp³-hybridized carbons (Fsp3) is 0.143. The van der Waals surface area contributed by atoms with Gasteiger partial charge in [0.25, 0.3) is 0 Å². The molecule has 0 unspecified atom stereocenters. The SMILES string of the molecule is OCc1csc2scc(I)c12. The van der Waals surface area contributed by atoms with Crippen LogP contribution in [0.4, 0.5) is 0 Å². The van der Waals surface area contributed by atoms with Gasteiger partial charge in [-0.25, -0.2) is 0 Å². The van der Waals surface area contributed by atoms with Gasteiger partial charge < -0.3 is 5.11 Å². The van der Waals surface area contributed by atoms with Crippen molar-refractivity contribution in [1.82, 2.24) is 0 Å². The number of thiophene rings is 2. The molecule has 11 heavy (non-hydrogen) atoms. The normalized spacial score (nSPS) is 11.1. The summed E-state index contributed by atoms with van der Waals surface area (Å²) in [5, 5.41) is 14.4. The maximum Gasteiger partial charge on any atom is 0.0879 e. The molecule has 0 aliphatic rings. The third-order valence-corrected chi connectivity index (χ3v) is 4.96. The van der Waals surface area contributed by atoms with E-state index in [1.54, 1.807) is 22.7 Å². The predicted molar refractivity (Wildman–Crippen MR) is 58.3 cm³/mol. The Morgan fingerprint density at radius 2 is 2.09 bits per heavy atom. The average molecular weight is 296 g/mol. The summed E-state index contributed by atoms with van der Waals surface area (Å²) in [6, 6.07) is 0. The number of aliphatic hydroxyl groups excluding tert-OH is 1. The van der Waals surface area contributed by atoms with Crippen molar-refractivity contribution in [3.63, 3.8) is 0 Å². The first-order valence-electron chi connectivity index (χ1n) is 3.07. The van der Waals surface area contributed by atoms with Crippen molar-refractivity contribution in [3.05, 3.63) is 19.9 Å². The zero-order valence-electron chi connectivity index (χ0n) is 5.50. The highest BCUT2D eigenvalue weighted by Gasteiger charge is 2.07. The van der Waals surface area contributed by atoms with E-state index >= 15 is 0 Å². The highest BCUT2D eigenvalue weighted by Crippen LogP contribution is 2.35. The van der Waals surface area contributed by atoms with Crippen LogP contribution < -0.4 is 0 Å². The van der Waals surface area contributed by atoms with Crippen LogP contribution in [0.5, 0.6) is 0 Å². The largest absolute Gasteiger partial charge is 0.392 e. The molecule has 0 aliphatic carbocycles. The van der Waals surface area contributed by atoms with Crippen LogP contribution in [-0.2, 0) is 6.61 Å². The molecular weight excluding hydrogens is 291 g/mol. The first-order valence-corrected chi connectivity index (χ1v) is 5.90. The molecule has 2 aromatic heterocycles. The van der Waals surface area contributed by atoms with Gasteiger partial charge >= 0.3 is 0 Å². The van der Waals surface area contributed by atoms with Crippen molar-refractivity contribution in [2.24, 2.45) is 0 Å². The molecule has 2 heterocycles. The summed E-state index contributed by atoms with van der Waals surface area (Å²) in [5.74, 6) is 0. The fourth-order valence-electron chi connectivity index (χ4n) is 0.992. The van der Waals surface area contributed by atoms with E-state index in [0.29, 0.717) is 0 Å². The van der Waals surface area contributed by atoms with Gasteiger partial charge in [-0.15, -0.1) is 22.7 Å². The van der Waals surface area contributed by atoms with E-state index in [0.717, 1.165) is 5.56 Å². The lowest BCUT2D eigenvalue weighted by molar-refractivity contribution is 0.284. The van der Waals surface area contributed by atoms with Gasteiger partial charge in [0.2, 0.25) is 0 Å². The summed E-state index contributed by atoms with van der Waals surface area (Å²) < 4.78 is 2.58. The molecule has 0 saturated heterocycles. The molecule has 0 aliphatic heterocycles. The van der Waals surface area contributed by atoms with E-state index in [-0.39, 0.29) is 6.61 Å². The molecule has 4 heteroatoms. The first-order chi connectivity index (χ1) is 5.33. The molecule has 0 radical (unpaired) electrons. The van der Waals surface area contributed by atoms with Crippen molar-refractivity contribution >= 4 is 54.7 Å². The van der Waals surface area contributed by atoms with Crippen LogP contribution >= 0.6 is 45.3 Å². The van der Waals surface area contributed by atoms with E-state index in [1.165, 1.54) is 13.0 Å². The number of halogens is 1. The zero-order valence-corrected chi connectivity index (χ0v) is 9.29. The number of fused-ring (bicyclic) bond motifs is 1. The summed E-state index contributed by atoms with van der Waals surface area (Å²) in [5.41, 5.74) is 1.07. The van der Waals surface area contributed by atoms with Gasteiger partial charge in [0, 0.05) is 14.3 Å². The molecule has 58 valence electrons. The van der Waals surface area contributed by atoms with Crippen LogP contribution in [0.25, 0.3) is 9.40 Å². The van der Waals surface area contributed by atoms with Gasteiger partial charge in [-0.2, -0.15) is 0 Å². The molecule has 0 saturated carbocycles. The molecular formula is C7H5IOS2. The molecule has 2 aromatic rings. The Morgan fingerprint density at radius 3 is 2.82 bits per heavy atom. The maximum atomic E-state index is 8.98. The second kappa shape index (κ2) is 3.01. The van der Waals surface area contributed by atoms with Gasteiger partial charge in [-0.05, 0) is 33.5 Å². The molecule has 0 spiro atoms. The minimum Gasteiger partial charge on any atom is -0.392 e. The van der Waals surface area contributed by atoms with E-state index in [4.69, 9.17) is 5.11 Å². The van der Waals surface area contributed by atoms with Crippen molar-refractivity contribution in [2.75, 3.05) is 0 Å². The molecule has 0 atom stereocenters. The van der Waals surface area contributed by atoms with Crippen LogP contribution in [0.1, 0.15) is 5.56 Å². The Hall–Kier alpha value is 0.350. The molecule has 0 fully saturated rings. The second-order valence-corrected chi connectivity index (χ2v) is 5.35. The van der Waals surface area contributed by atoms with Crippen LogP contribution in [0, 0.1) is 3.57 Å².